The lowest BCUT2D eigenvalue weighted by Crippen LogP contribution is -2.32. The van der Waals surface area contributed by atoms with E-state index in [0.717, 1.165) is 25.0 Å². The van der Waals surface area contributed by atoms with E-state index in [1.807, 2.05) is 20.8 Å². The molecular weight excluding hydrogens is 266 g/mol. The largest absolute Gasteiger partial charge is 0.444 e. The summed E-state index contributed by atoms with van der Waals surface area (Å²) in [4.78, 5) is 11.7. The molecule has 21 heavy (non-hydrogen) atoms. The molecule has 2 atom stereocenters. The third kappa shape index (κ3) is 6.17. The molecule has 0 aromatic carbocycles. The number of carbonyl (C=O) groups is 1. The zero-order valence-electron chi connectivity index (χ0n) is 13.6. The van der Waals surface area contributed by atoms with Crippen molar-refractivity contribution in [1.29, 1.82) is 0 Å². The first-order valence-electron chi connectivity index (χ1n) is 7.37. The fourth-order valence-electron chi connectivity index (χ4n) is 2.29. The molecule has 0 bridgehead atoms. The zero-order chi connectivity index (χ0) is 16.0. The summed E-state index contributed by atoms with van der Waals surface area (Å²) in [6.07, 6.45) is 5.26. The van der Waals surface area contributed by atoms with Gasteiger partial charge in [-0.05, 0) is 51.2 Å². The molecule has 0 aliphatic carbocycles. The van der Waals surface area contributed by atoms with E-state index in [1.165, 1.54) is 0 Å². The second kappa shape index (κ2) is 7.46. The molecule has 1 aliphatic heterocycles. The lowest BCUT2D eigenvalue weighted by molar-refractivity contribution is 0.00508. The number of hydrogen-bond donors (Lipinski definition) is 1. The summed E-state index contributed by atoms with van der Waals surface area (Å²) in [6, 6.07) is 0. The molecule has 1 heterocycles. The van der Waals surface area contributed by atoms with E-state index in [4.69, 9.17) is 9.47 Å². The Hall–Kier alpha value is -1.55. The molecule has 118 valence electrons. The van der Waals surface area contributed by atoms with Gasteiger partial charge in [0.1, 0.15) is 5.60 Å². The molecule has 0 aromatic rings. The van der Waals surface area contributed by atoms with Gasteiger partial charge < -0.3 is 9.47 Å². The Morgan fingerprint density at radius 3 is 2.62 bits per heavy atom. The van der Waals surface area contributed by atoms with Gasteiger partial charge in [-0.15, -0.1) is 0 Å². The molecule has 1 aliphatic rings. The summed E-state index contributed by atoms with van der Waals surface area (Å²) >= 11 is 0. The highest BCUT2D eigenvalue weighted by Gasteiger charge is 2.24. The minimum atomic E-state index is -0.531. The maximum absolute atomic E-state index is 11.7. The summed E-state index contributed by atoms with van der Waals surface area (Å²) in [7, 11) is 0. The van der Waals surface area contributed by atoms with Gasteiger partial charge in [0.05, 0.1) is 6.10 Å². The van der Waals surface area contributed by atoms with Gasteiger partial charge >= 0.3 is 6.09 Å². The van der Waals surface area contributed by atoms with Gasteiger partial charge in [0.15, 0.2) is 0 Å². The highest BCUT2D eigenvalue weighted by Crippen LogP contribution is 2.26. The van der Waals surface area contributed by atoms with Gasteiger partial charge in [-0.25, -0.2) is 4.79 Å². The summed E-state index contributed by atoms with van der Waals surface area (Å²) < 4.78 is 11.0. The van der Waals surface area contributed by atoms with Crippen molar-refractivity contribution in [3.8, 4) is 0 Å². The van der Waals surface area contributed by atoms with Gasteiger partial charge in [0, 0.05) is 12.3 Å². The van der Waals surface area contributed by atoms with E-state index in [1.54, 1.807) is 12.2 Å². The van der Waals surface area contributed by atoms with Gasteiger partial charge in [-0.2, -0.15) is 0 Å². The topological polar surface area (TPSA) is 47.6 Å². The monoisotopic (exact) mass is 293 g/mol. The van der Waals surface area contributed by atoms with Crippen molar-refractivity contribution in [2.24, 2.45) is 5.92 Å². The molecule has 1 saturated heterocycles. The number of allylic oxidation sites excluding steroid dienone is 1. The Kier molecular flexibility index (Phi) is 6.21. The number of rotatable bonds is 4. The molecule has 0 spiro atoms. The maximum atomic E-state index is 11.7. The van der Waals surface area contributed by atoms with E-state index >= 15 is 0 Å². The normalized spacial score (nSPS) is 23.3. The maximum Gasteiger partial charge on any atom is 0.412 e. The average molecular weight is 293 g/mol. The number of hydrogen-bond acceptors (Lipinski definition) is 3. The van der Waals surface area contributed by atoms with Crippen LogP contribution in [0, 0.1) is 5.92 Å². The van der Waals surface area contributed by atoms with Crippen molar-refractivity contribution in [2.75, 3.05) is 6.61 Å². The van der Waals surface area contributed by atoms with Crippen molar-refractivity contribution in [1.82, 2.24) is 5.32 Å². The number of alkyl carbamates (subject to hydrolysis) is 1. The van der Waals surface area contributed by atoms with Crippen LogP contribution in [0.1, 0.15) is 40.5 Å². The average Bonchev–Trinajstić information content (AvgIpc) is 2.34. The highest BCUT2D eigenvalue weighted by atomic mass is 16.6. The first-order chi connectivity index (χ1) is 9.73. The van der Waals surface area contributed by atoms with Crippen LogP contribution in [0.3, 0.4) is 0 Å². The Balaban J connectivity index is 2.67. The van der Waals surface area contributed by atoms with E-state index in [0.29, 0.717) is 11.6 Å². The van der Waals surface area contributed by atoms with Crippen LogP contribution in [-0.2, 0) is 9.47 Å². The number of amides is 1. The first-order valence-corrected chi connectivity index (χ1v) is 7.37. The molecule has 0 radical (unpaired) electrons. The summed E-state index contributed by atoms with van der Waals surface area (Å²) in [6.45, 7) is 16.0. The lowest BCUT2D eigenvalue weighted by Gasteiger charge is -2.30. The second-order valence-electron chi connectivity index (χ2n) is 6.41. The highest BCUT2D eigenvalue weighted by molar-refractivity contribution is 5.70. The van der Waals surface area contributed by atoms with Crippen molar-refractivity contribution in [3.63, 3.8) is 0 Å². The predicted octanol–water partition coefficient (Wildman–Crippen LogP) is 3.95. The van der Waals surface area contributed by atoms with Gasteiger partial charge in [0.25, 0.3) is 0 Å². The minimum absolute atomic E-state index is 0.00781. The third-order valence-corrected chi connectivity index (χ3v) is 3.18. The van der Waals surface area contributed by atoms with Crippen molar-refractivity contribution >= 4 is 6.09 Å². The van der Waals surface area contributed by atoms with Crippen LogP contribution < -0.4 is 5.32 Å². The SMILES string of the molecule is C=C/C(=C\C(=C)NC(=O)OC(C)(C)C)[C@H]1OCCC[C@H]1C. The summed E-state index contributed by atoms with van der Waals surface area (Å²) in [5.41, 5.74) is 0.875. The standard InChI is InChI=1S/C17H27NO3/c1-7-14(15-12(2)9-8-10-20-15)11-13(3)18-16(19)21-17(4,5)6/h7,11-12,15H,1,3,8-10H2,2,4-6H3,(H,18,19)/b14-11+/t12-,15+/m1/s1. The molecule has 4 heteroatoms. The molecular formula is C17H27NO3. The van der Waals surface area contributed by atoms with E-state index < -0.39 is 11.7 Å². The smallest absolute Gasteiger partial charge is 0.412 e. The van der Waals surface area contributed by atoms with Crippen LogP contribution in [0.5, 0.6) is 0 Å². The predicted molar refractivity (Wildman–Crippen MR) is 84.9 cm³/mol. The Bertz CT molecular complexity index is 432. The van der Waals surface area contributed by atoms with Gasteiger partial charge in [0.2, 0.25) is 0 Å². The zero-order valence-corrected chi connectivity index (χ0v) is 13.6. The van der Waals surface area contributed by atoms with E-state index in [-0.39, 0.29) is 6.10 Å². The van der Waals surface area contributed by atoms with Crippen molar-refractivity contribution in [3.05, 3.63) is 36.6 Å². The van der Waals surface area contributed by atoms with Crippen LogP contribution in [-0.4, -0.2) is 24.4 Å². The molecule has 1 N–H and O–H groups in total. The first kappa shape index (κ1) is 17.5. The molecule has 1 rings (SSSR count). The number of nitrogens with one attached hydrogen (secondary N) is 1. The molecule has 0 saturated carbocycles. The van der Waals surface area contributed by atoms with Crippen LogP contribution >= 0.6 is 0 Å². The fourth-order valence-corrected chi connectivity index (χ4v) is 2.29. The molecule has 1 amide bonds. The summed E-state index contributed by atoms with van der Waals surface area (Å²) in [5.74, 6) is 0.428. The Morgan fingerprint density at radius 2 is 2.10 bits per heavy atom. The number of carbonyl (C=O) groups excluding carboxylic acids is 1. The fraction of sp³-hybridized carbons (Fsp3) is 0.588. The number of ether oxygens (including phenoxy) is 2. The molecule has 1 fully saturated rings. The van der Waals surface area contributed by atoms with E-state index in [2.05, 4.69) is 25.4 Å². The van der Waals surface area contributed by atoms with Crippen molar-refractivity contribution < 1.29 is 14.3 Å². The Morgan fingerprint density at radius 1 is 1.43 bits per heavy atom. The molecule has 0 aromatic heterocycles. The lowest BCUT2D eigenvalue weighted by atomic mass is 9.90. The van der Waals surface area contributed by atoms with Crippen LogP contribution in [0.15, 0.2) is 36.6 Å². The van der Waals surface area contributed by atoms with Crippen molar-refractivity contribution in [2.45, 2.75) is 52.2 Å². The van der Waals surface area contributed by atoms with Crippen LogP contribution in [0.25, 0.3) is 0 Å². The van der Waals surface area contributed by atoms with Gasteiger partial charge in [-0.3, -0.25) is 5.32 Å². The third-order valence-electron chi connectivity index (χ3n) is 3.18. The molecule has 4 nitrogen and oxygen atoms in total. The van der Waals surface area contributed by atoms with Gasteiger partial charge in [-0.1, -0.05) is 26.2 Å². The van der Waals surface area contributed by atoms with Crippen LogP contribution in [0.4, 0.5) is 4.79 Å². The van der Waals surface area contributed by atoms with Crippen LogP contribution in [0.2, 0.25) is 0 Å². The molecule has 0 unspecified atom stereocenters. The van der Waals surface area contributed by atoms with E-state index in [9.17, 15) is 4.79 Å². The quantitative estimate of drug-likeness (QED) is 0.798. The Labute approximate surface area is 127 Å². The second-order valence-corrected chi connectivity index (χ2v) is 6.41. The summed E-state index contributed by atoms with van der Waals surface area (Å²) in [5, 5.41) is 2.62. The minimum Gasteiger partial charge on any atom is -0.444 e.